The number of amides is 1. The predicted octanol–water partition coefficient (Wildman–Crippen LogP) is 1.75. The second kappa shape index (κ2) is 5.94. The Morgan fingerprint density at radius 1 is 1.30 bits per heavy atom. The van der Waals surface area contributed by atoms with Crippen molar-refractivity contribution >= 4 is 11.7 Å². The normalized spacial score (nSPS) is 18.9. The molecule has 1 unspecified atom stereocenters. The van der Waals surface area contributed by atoms with Crippen LogP contribution >= 0.6 is 0 Å². The first-order valence-corrected chi connectivity index (χ1v) is 6.60. The number of methoxy groups -OCH3 is 2. The zero-order chi connectivity index (χ0) is 14.7. The highest BCUT2D eigenvalue weighted by Gasteiger charge is 2.28. The molecule has 1 aromatic rings. The van der Waals surface area contributed by atoms with E-state index in [0.29, 0.717) is 36.6 Å². The first kappa shape index (κ1) is 14.4. The Hall–Kier alpha value is -2.04. The summed E-state index contributed by atoms with van der Waals surface area (Å²) in [7, 11) is 3.08. The molecule has 1 aromatic carbocycles. The SMILES string of the molecule is COc1ccc(OC)c(C(=O)N2CCC(=O)C(C)C2)c1. The van der Waals surface area contributed by atoms with E-state index in [2.05, 4.69) is 0 Å². The molecule has 0 spiro atoms. The molecule has 1 fully saturated rings. The number of benzene rings is 1. The third kappa shape index (κ3) is 2.76. The van der Waals surface area contributed by atoms with Gasteiger partial charge in [0.05, 0.1) is 19.8 Å². The topological polar surface area (TPSA) is 55.8 Å². The van der Waals surface area contributed by atoms with E-state index in [0.717, 1.165) is 0 Å². The van der Waals surface area contributed by atoms with Gasteiger partial charge in [-0.2, -0.15) is 0 Å². The lowest BCUT2D eigenvalue weighted by Crippen LogP contribution is -2.43. The van der Waals surface area contributed by atoms with Gasteiger partial charge >= 0.3 is 0 Å². The third-order valence-corrected chi connectivity index (χ3v) is 3.60. The Labute approximate surface area is 118 Å². The van der Waals surface area contributed by atoms with E-state index in [1.54, 1.807) is 30.2 Å². The maximum atomic E-state index is 12.6. The van der Waals surface area contributed by atoms with Gasteiger partial charge in [-0.25, -0.2) is 0 Å². The highest BCUT2D eigenvalue weighted by atomic mass is 16.5. The second-order valence-electron chi connectivity index (χ2n) is 4.93. The summed E-state index contributed by atoms with van der Waals surface area (Å²) in [6, 6.07) is 5.13. The lowest BCUT2D eigenvalue weighted by Gasteiger charge is -2.30. The molecule has 20 heavy (non-hydrogen) atoms. The van der Waals surface area contributed by atoms with Crippen LogP contribution in [0.4, 0.5) is 0 Å². The largest absolute Gasteiger partial charge is 0.497 e. The molecular formula is C15H19NO4. The van der Waals surface area contributed by atoms with Crippen molar-refractivity contribution in [3.8, 4) is 11.5 Å². The number of rotatable bonds is 3. The molecule has 1 atom stereocenters. The maximum absolute atomic E-state index is 12.6. The molecule has 108 valence electrons. The number of carbonyl (C=O) groups excluding carboxylic acids is 2. The second-order valence-corrected chi connectivity index (χ2v) is 4.93. The number of Topliss-reactive ketones (excluding diaryl/α,β-unsaturated/α-hetero) is 1. The molecule has 0 radical (unpaired) electrons. The molecule has 5 heteroatoms. The minimum Gasteiger partial charge on any atom is -0.497 e. The minimum absolute atomic E-state index is 0.107. The quantitative estimate of drug-likeness (QED) is 0.844. The molecule has 1 aliphatic heterocycles. The lowest BCUT2D eigenvalue weighted by molar-refractivity contribution is -0.124. The standard InChI is InChI=1S/C15H19NO4/c1-10-9-16(7-6-13(10)17)15(18)12-8-11(19-2)4-5-14(12)20-3/h4-5,8,10H,6-7,9H2,1-3H3. The first-order chi connectivity index (χ1) is 9.56. The summed E-state index contributed by atoms with van der Waals surface area (Å²) >= 11 is 0. The van der Waals surface area contributed by atoms with Crippen molar-refractivity contribution in [2.45, 2.75) is 13.3 Å². The highest BCUT2D eigenvalue weighted by Crippen LogP contribution is 2.26. The summed E-state index contributed by atoms with van der Waals surface area (Å²) in [5.74, 6) is 1.10. The number of ether oxygens (including phenoxy) is 2. The van der Waals surface area contributed by atoms with Gasteiger partial charge in [0, 0.05) is 25.4 Å². The van der Waals surface area contributed by atoms with Crippen LogP contribution in [0.25, 0.3) is 0 Å². The van der Waals surface area contributed by atoms with Crippen molar-refractivity contribution in [2.24, 2.45) is 5.92 Å². The van der Waals surface area contributed by atoms with Crippen LogP contribution in [-0.2, 0) is 4.79 Å². The molecule has 1 heterocycles. The van der Waals surface area contributed by atoms with Crippen molar-refractivity contribution in [1.29, 1.82) is 0 Å². The Bertz CT molecular complexity index is 527. The van der Waals surface area contributed by atoms with Crippen molar-refractivity contribution in [1.82, 2.24) is 4.90 Å². The molecule has 0 N–H and O–H groups in total. The van der Waals surface area contributed by atoms with E-state index in [4.69, 9.17) is 9.47 Å². The number of piperidine rings is 1. The van der Waals surface area contributed by atoms with Gasteiger partial charge in [-0.3, -0.25) is 9.59 Å². The van der Waals surface area contributed by atoms with Crippen LogP contribution in [0.1, 0.15) is 23.7 Å². The van der Waals surface area contributed by atoms with Gasteiger partial charge in [-0.1, -0.05) is 6.92 Å². The van der Waals surface area contributed by atoms with Gasteiger partial charge in [-0.15, -0.1) is 0 Å². The molecule has 5 nitrogen and oxygen atoms in total. The zero-order valence-corrected chi connectivity index (χ0v) is 12.0. The van der Waals surface area contributed by atoms with Crippen LogP contribution in [0.3, 0.4) is 0 Å². The number of hydrogen-bond acceptors (Lipinski definition) is 4. The molecule has 1 aliphatic rings. The fourth-order valence-electron chi connectivity index (χ4n) is 2.35. The number of likely N-dealkylation sites (tertiary alicyclic amines) is 1. The summed E-state index contributed by atoms with van der Waals surface area (Å²) in [5, 5.41) is 0. The van der Waals surface area contributed by atoms with Gasteiger partial charge in [0.2, 0.25) is 0 Å². The van der Waals surface area contributed by atoms with Crippen LogP contribution in [0, 0.1) is 5.92 Å². The van der Waals surface area contributed by atoms with Crippen molar-refractivity contribution in [3.63, 3.8) is 0 Å². The van der Waals surface area contributed by atoms with E-state index in [1.807, 2.05) is 6.92 Å². The number of ketones is 1. The maximum Gasteiger partial charge on any atom is 0.257 e. The highest BCUT2D eigenvalue weighted by molar-refractivity contribution is 5.98. The molecule has 0 aliphatic carbocycles. The van der Waals surface area contributed by atoms with Crippen LogP contribution in [0.15, 0.2) is 18.2 Å². The Morgan fingerprint density at radius 3 is 2.65 bits per heavy atom. The lowest BCUT2D eigenvalue weighted by atomic mass is 9.98. The van der Waals surface area contributed by atoms with Gasteiger partial charge in [0.25, 0.3) is 5.91 Å². The molecule has 0 aromatic heterocycles. The molecule has 0 saturated carbocycles. The zero-order valence-electron chi connectivity index (χ0n) is 12.0. The fraction of sp³-hybridized carbons (Fsp3) is 0.467. The summed E-state index contributed by atoms with van der Waals surface area (Å²) in [5.41, 5.74) is 0.466. The molecule has 1 saturated heterocycles. The minimum atomic E-state index is -0.125. The van der Waals surface area contributed by atoms with E-state index < -0.39 is 0 Å². The Balaban J connectivity index is 2.26. The fourth-order valence-corrected chi connectivity index (χ4v) is 2.35. The summed E-state index contributed by atoms with van der Waals surface area (Å²) in [6.07, 6.45) is 0.416. The van der Waals surface area contributed by atoms with Crippen LogP contribution in [0.5, 0.6) is 11.5 Å². The Morgan fingerprint density at radius 2 is 2.05 bits per heavy atom. The molecule has 1 amide bonds. The summed E-state index contributed by atoms with van der Waals surface area (Å²) in [4.78, 5) is 25.8. The first-order valence-electron chi connectivity index (χ1n) is 6.60. The van der Waals surface area contributed by atoms with Crippen molar-refractivity contribution < 1.29 is 19.1 Å². The summed E-state index contributed by atoms with van der Waals surface area (Å²) in [6.45, 7) is 2.77. The monoisotopic (exact) mass is 277 g/mol. The van der Waals surface area contributed by atoms with Crippen LogP contribution < -0.4 is 9.47 Å². The third-order valence-electron chi connectivity index (χ3n) is 3.60. The average molecular weight is 277 g/mol. The average Bonchev–Trinajstić information content (AvgIpc) is 2.48. The van der Waals surface area contributed by atoms with Crippen molar-refractivity contribution in [2.75, 3.05) is 27.3 Å². The predicted molar refractivity (Wildman–Crippen MR) is 74.2 cm³/mol. The van der Waals surface area contributed by atoms with Gasteiger partial charge in [-0.05, 0) is 18.2 Å². The van der Waals surface area contributed by atoms with E-state index in [1.165, 1.54) is 7.11 Å². The molecule has 0 bridgehead atoms. The Kier molecular flexibility index (Phi) is 4.27. The summed E-state index contributed by atoms with van der Waals surface area (Å²) < 4.78 is 10.4. The van der Waals surface area contributed by atoms with Crippen LogP contribution in [-0.4, -0.2) is 43.9 Å². The number of nitrogens with zero attached hydrogens (tertiary/aromatic N) is 1. The molecular weight excluding hydrogens is 258 g/mol. The van der Waals surface area contributed by atoms with E-state index in [-0.39, 0.29) is 17.6 Å². The number of hydrogen-bond donors (Lipinski definition) is 0. The van der Waals surface area contributed by atoms with E-state index >= 15 is 0 Å². The van der Waals surface area contributed by atoms with Gasteiger partial charge in [0.15, 0.2) is 0 Å². The van der Waals surface area contributed by atoms with Crippen LogP contribution in [0.2, 0.25) is 0 Å². The van der Waals surface area contributed by atoms with Gasteiger partial charge < -0.3 is 14.4 Å². The number of carbonyl (C=O) groups is 2. The van der Waals surface area contributed by atoms with Gasteiger partial charge in [0.1, 0.15) is 17.3 Å². The van der Waals surface area contributed by atoms with E-state index in [9.17, 15) is 9.59 Å². The smallest absolute Gasteiger partial charge is 0.257 e. The van der Waals surface area contributed by atoms with Crippen molar-refractivity contribution in [3.05, 3.63) is 23.8 Å². The molecule has 2 rings (SSSR count).